The second kappa shape index (κ2) is 5.76. The molecule has 2 aromatic rings. The topological polar surface area (TPSA) is 32.3 Å². The summed E-state index contributed by atoms with van der Waals surface area (Å²) in [6.45, 7) is 7.08. The largest absolute Gasteiger partial charge is 0.508 e. The van der Waals surface area contributed by atoms with E-state index in [4.69, 9.17) is 11.6 Å². The first-order valence-electron chi connectivity index (χ1n) is 6.69. The van der Waals surface area contributed by atoms with Crippen molar-refractivity contribution in [1.82, 2.24) is 0 Å². The van der Waals surface area contributed by atoms with Gasteiger partial charge in [-0.25, -0.2) is 0 Å². The number of rotatable bonds is 3. The normalized spacial score (nSPS) is 11.4. The van der Waals surface area contributed by atoms with E-state index >= 15 is 0 Å². The predicted molar refractivity (Wildman–Crippen MR) is 85.6 cm³/mol. The summed E-state index contributed by atoms with van der Waals surface area (Å²) in [5, 5.41) is 13.6. The highest BCUT2D eigenvalue weighted by atomic mass is 35.5. The van der Waals surface area contributed by atoms with Gasteiger partial charge in [0.1, 0.15) is 5.75 Å². The molecule has 0 radical (unpaired) electrons. The molecule has 0 unspecified atom stereocenters. The van der Waals surface area contributed by atoms with Crippen LogP contribution in [-0.4, -0.2) is 5.11 Å². The minimum Gasteiger partial charge on any atom is -0.508 e. The lowest BCUT2D eigenvalue weighted by Gasteiger charge is -2.19. The minimum absolute atomic E-state index is 0.152. The van der Waals surface area contributed by atoms with Crippen molar-refractivity contribution in [3.8, 4) is 5.75 Å². The maximum atomic E-state index is 9.80. The summed E-state index contributed by atoms with van der Waals surface area (Å²) >= 11 is 6.08. The summed E-state index contributed by atoms with van der Waals surface area (Å²) in [7, 11) is 0. The van der Waals surface area contributed by atoms with Gasteiger partial charge in [0.2, 0.25) is 0 Å². The number of hydrogen-bond acceptors (Lipinski definition) is 2. The molecule has 0 atom stereocenters. The van der Waals surface area contributed by atoms with Gasteiger partial charge in [-0.15, -0.1) is 0 Å². The van der Waals surface area contributed by atoms with E-state index < -0.39 is 0 Å². The summed E-state index contributed by atoms with van der Waals surface area (Å²) in [6, 6.07) is 13.5. The van der Waals surface area contributed by atoms with Crippen molar-refractivity contribution in [1.29, 1.82) is 0 Å². The fourth-order valence-electron chi connectivity index (χ4n) is 2.00. The lowest BCUT2D eigenvalue weighted by atomic mass is 9.87. The Morgan fingerprint density at radius 1 is 1.05 bits per heavy atom. The van der Waals surface area contributed by atoms with Crippen molar-refractivity contribution in [2.45, 2.75) is 32.7 Å². The Morgan fingerprint density at radius 2 is 1.70 bits per heavy atom. The average Bonchev–Trinajstić information content (AvgIpc) is 2.37. The molecule has 3 heteroatoms. The van der Waals surface area contributed by atoms with Gasteiger partial charge in [0.15, 0.2) is 0 Å². The molecule has 2 N–H and O–H groups in total. The number of benzene rings is 2. The molecule has 106 valence electrons. The number of hydrogen-bond donors (Lipinski definition) is 2. The van der Waals surface area contributed by atoms with Crippen LogP contribution >= 0.6 is 11.6 Å². The van der Waals surface area contributed by atoms with E-state index in [1.807, 2.05) is 0 Å². The van der Waals surface area contributed by atoms with Gasteiger partial charge in [0, 0.05) is 22.8 Å². The summed E-state index contributed by atoms with van der Waals surface area (Å²) in [4.78, 5) is 0. The molecule has 0 spiro atoms. The van der Waals surface area contributed by atoms with Gasteiger partial charge in [-0.3, -0.25) is 0 Å². The highest BCUT2D eigenvalue weighted by Gasteiger charge is 2.13. The van der Waals surface area contributed by atoms with E-state index in [0.29, 0.717) is 17.1 Å². The van der Waals surface area contributed by atoms with E-state index in [-0.39, 0.29) is 11.2 Å². The van der Waals surface area contributed by atoms with Crippen molar-refractivity contribution >= 4 is 17.3 Å². The van der Waals surface area contributed by atoms with E-state index in [2.05, 4.69) is 50.4 Å². The molecule has 0 aliphatic rings. The van der Waals surface area contributed by atoms with Crippen LogP contribution in [0.1, 0.15) is 31.9 Å². The Kier molecular flexibility index (Phi) is 4.24. The van der Waals surface area contributed by atoms with Crippen LogP contribution in [0, 0.1) is 0 Å². The van der Waals surface area contributed by atoms with Gasteiger partial charge in [-0.1, -0.05) is 50.6 Å². The molecule has 0 amide bonds. The van der Waals surface area contributed by atoms with E-state index in [1.54, 1.807) is 18.2 Å². The molecule has 0 saturated carbocycles. The maximum absolute atomic E-state index is 9.80. The second-order valence-corrected chi connectivity index (χ2v) is 6.33. The van der Waals surface area contributed by atoms with Crippen LogP contribution in [0.15, 0.2) is 42.5 Å². The van der Waals surface area contributed by atoms with Crippen LogP contribution in [0.3, 0.4) is 0 Å². The van der Waals surface area contributed by atoms with E-state index in [9.17, 15) is 5.11 Å². The van der Waals surface area contributed by atoms with E-state index in [0.717, 1.165) is 5.69 Å². The lowest BCUT2D eigenvalue weighted by Crippen LogP contribution is -2.10. The fraction of sp³-hybridized carbons (Fsp3) is 0.294. The highest BCUT2D eigenvalue weighted by molar-refractivity contribution is 6.31. The standard InChI is InChI=1S/C17H20ClNO/c1-17(2,3)12-7-9-13(10-8-12)19-11-14-15(18)5-4-6-16(14)20/h4-10,19-20H,11H2,1-3H3. The predicted octanol–water partition coefficient (Wildman–Crippen LogP) is 4.96. The quantitative estimate of drug-likeness (QED) is 0.837. The Hall–Kier alpha value is -1.67. The Labute approximate surface area is 125 Å². The zero-order chi connectivity index (χ0) is 14.8. The molecule has 0 aliphatic carbocycles. The second-order valence-electron chi connectivity index (χ2n) is 5.92. The molecule has 0 bridgehead atoms. The molecular weight excluding hydrogens is 270 g/mol. The molecule has 0 fully saturated rings. The number of anilines is 1. The highest BCUT2D eigenvalue weighted by Crippen LogP contribution is 2.27. The summed E-state index contributed by atoms with van der Waals surface area (Å²) < 4.78 is 0. The number of phenols is 1. The maximum Gasteiger partial charge on any atom is 0.122 e. The zero-order valence-corrected chi connectivity index (χ0v) is 12.8. The van der Waals surface area contributed by atoms with Gasteiger partial charge in [0.05, 0.1) is 0 Å². The molecule has 20 heavy (non-hydrogen) atoms. The van der Waals surface area contributed by atoms with Gasteiger partial charge < -0.3 is 10.4 Å². The molecule has 2 aromatic carbocycles. The molecule has 2 rings (SSSR count). The molecule has 0 heterocycles. The fourth-order valence-corrected chi connectivity index (χ4v) is 2.24. The average molecular weight is 290 g/mol. The van der Waals surface area contributed by atoms with E-state index in [1.165, 1.54) is 5.56 Å². The summed E-state index contributed by atoms with van der Waals surface area (Å²) in [6.07, 6.45) is 0. The number of phenolic OH excluding ortho intramolecular Hbond substituents is 1. The first-order valence-corrected chi connectivity index (χ1v) is 7.06. The Balaban J connectivity index is 2.08. The van der Waals surface area contributed by atoms with Gasteiger partial charge >= 0.3 is 0 Å². The van der Waals surface area contributed by atoms with Crippen LogP contribution < -0.4 is 5.32 Å². The van der Waals surface area contributed by atoms with Crippen LogP contribution in [0.5, 0.6) is 5.75 Å². The molecule has 0 aromatic heterocycles. The first-order chi connectivity index (χ1) is 9.38. The van der Waals surface area contributed by atoms with Crippen LogP contribution in [0.2, 0.25) is 5.02 Å². The van der Waals surface area contributed by atoms with Crippen LogP contribution in [0.25, 0.3) is 0 Å². The smallest absolute Gasteiger partial charge is 0.122 e. The third-order valence-corrected chi connectivity index (χ3v) is 3.67. The summed E-state index contributed by atoms with van der Waals surface area (Å²) in [5.41, 5.74) is 3.18. The molecule has 0 saturated heterocycles. The minimum atomic E-state index is 0.152. The van der Waals surface area contributed by atoms with Crippen LogP contribution in [0.4, 0.5) is 5.69 Å². The summed E-state index contributed by atoms with van der Waals surface area (Å²) in [5.74, 6) is 0.219. The third-order valence-electron chi connectivity index (χ3n) is 3.31. The molecule has 0 aliphatic heterocycles. The van der Waals surface area contributed by atoms with Crippen molar-refractivity contribution in [2.75, 3.05) is 5.32 Å². The van der Waals surface area contributed by atoms with Crippen LogP contribution in [-0.2, 0) is 12.0 Å². The first kappa shape index (κ1) is 14.7. The van der Waals surface area contributed by atoms with Crippen molar-refractivity contribution in [3.05, 3.63) is 58.6 Å². The number of halogens is 1. The third kappa shape index (κ3) is 3.45. The van der Waals surface area contributed by atoms with Gasteiger partial charge in [-0.05, 0) is 35.2 Å². The van der Waals surface area contributed by atoms with Gasteiger partial charge in [0.25, 0.3) is 0 Å². The molecular formula is C17H20ClNO. The Morgan fingerprint density at radius 3 is 2.25 bits per heavy atom. The monoisotopic (exact) mass is 289 g/mol. The van der Waals surface area contributed by atoms with Crippen molar-refractivity contribution < 1.29 is 5.11 Å². The molecule has 2 nitrogen and oxygen atoms in total. The Bertz CT molecular complexity index is 565. The van der Waals surface area contributed by atoms with Gasteiger partial charge in [-0.2, -0.15) is 0 Å². The lowest BCUT2D eigenvalue weighted by molar-refractivity contribution is 0.469. The zero-order valence-electron chi connectivity index (χ0n) is 12.1. The number of nitrogens with one attached hydrogen (secondary N) is 1. The number of aromatic hydroxyl groups is 1. The van der Waals surface area contributed by atoms with Crippen molar-refractivity contribution in [3.63, 3.8) is 0 Å². The van der Waals surface area contributed by atoms with Crippen molar-refractivity contribution in [2.24, 2.45) is 0 Å². The SMILES string of the molecule is CC(C)(C)c1ccc(NCc2c(O)cccc2Cl)cc1.